The summed E-state index contributed by atoms with van der Waals surface area (Å²) in [6.45, 7) is 12.0. The van der Waals surface area contributed by atoms with E-state index >= 15 is 0 Å². The first-order valence-corrected chi connectivity index (χ1v) is 6.89. The highest BCUT2D eigenvalue weighted by atomic mass is 15.3. The summed E-state index contributed by atoms with van der Waals surface area (Å²) in [6.07, 6.45) is 1.98. The zero-order valence-corrected chi connectivity index (χ0v) is 11.7. The molecule has 2 heterocycles. The lowest BCUT2D eigenvalue weighted by Gasteiger charge is -2.38. The molecule has 2 rings (SSSR count). The van der Waals surface area contributed by atoms with Crippen molar-refractivity contribution in [3.05, 3.63) is 18.3 Å². The van der Waals surface area contributed by atoms with E-state index in [0.29, 0.717) is 6.04 Å². The summed E-state index contributed by atoms with van der Waals surface area (Å²) in [5.74, 6) is 0.960. The van der Waals surface area contributed by atoms with Gasteiger partial charge in [0.05, 0.1) is 11.9 Å². The number of anilines is 2. The number of piperazine rings is 1. The van der Waals surface area contributed by atoms with E-state index < -0.39 is 0 Å². The fraction of sp³-hybridized carbons (Fsp3) is 0.643. The Morgan fingerprint density at radius 2 is 1.94 bits per heavy atom. The Bertz CT molecular complexity index is 353. The molecule has 4 nitrogen and oxygen atoms in total. The van der Waals surface area contributed by atoms with Crippen LogP contribution in [-0.4, -0.2) is 48.6 Å². The first kappa shape index (κ1) is 13.1. The summed E-state index contributed by atoms with van der Waals surface area (Å²) in [5.41, 5.74) is 1.24. The molecule has 18 heavy (non-hydrogen) atoms. The van der Waals surface area contributed by atoms with Gasteiger partial charge in [0, 0.05) is 38.8 Å². The third kappa shape index (κ3) is 3.13. The van der Waals surface area contributed by atoms with E-state index in [1.165, 1.54) is 5.69 Å². The standard InChI is InChI=1S/C14H24N4/c1-4-15-14-6-5-13(11-16-14)18-9-7-17(8-10-18)12(2)3/h5-6,11-12H,4,7-10H2,1-3H3,(H,15,16). The van der Waals surface area contributed by atoms with Gasteiger partial charge in [-0.25, -0.2) is 4.98 Å². The van der Waals surface area contributed by atoms with Crippen LogP contribution in [-0.2, 0) is 0 Å². The molecular weight excluding hydrogens is 224 g/mol. The summed E-state index contributed by atoms with van der Waals surface area (Å²) in [5, 5.41) is 3.22. The molecule has 0 radical (unpaired) electrons. The third-order valence-corrected chi connectivity index (χ3v) is 3.52. The zero-order chi connectivity index (χ0) is 13.0. The van der Waals surface area contributed by atoms with E-state index in [4.69, 9.17) is 0 Å². The Hall–Kier alpha value is -1.29. The van der Waals surface area contributed by atoms with Gasteiger partial charge >= 0.3 is 0 Å². The van der Waals surface area contributed by atoms with Gasteiger partial charge in [0.2, 0.25) is 0 Å². The summed E-state index contributed by atoms with van der Waals surface area (Å²) >= 11 is 0. The fourth-order valence-corrected chi connectivity index (χ4v) is 2.36. The molecule has 0 unspecified atom stereocenters. The average molecular weight is 248 g/mol. The van der Waals surface area contributed by atoms with Crippen molar-refractivity contribution >= 4 is 11.5 Å². The van der Waals surface area contributed by atoms with E-state index in [2.05, 4.69) is 53.0 Å². The largest absolute Gasteiger partial charge is 0.370 e. The van der Waals surface area contributed by atoms with E-state index in [-0.39, 0.29) is 0 Å². The smallest absolute Gasteiger partial charge is 0.126 e. The topological polar surface area (TPSA) is 31.4 Å². The molecule has 0 amide bonds. The number of nitrogens with zero attached hydrogens (tertiary/aromatic N) is 3. The van der Waals surface area contributed by atoms with Gasteiger partial charge in [-0.05, 0) is 32.9 Å². The Balaban J connectivity index is 1.93. The van der Waals surface area contributed by atoms with Gasteiger partial charge in [0.25, 0.3) is 0 Å². The number of hydrogen-bond donors (Lipinski definition) is 1. The zero-order valence-electron chi connectivity index (χ0n) is 11.7. The average Bonchev–Trinajstić information content (AvgIpc) is 2.40. The van der Waals surface area contributed by atoms with Crippen LogP contribution in [0.5, 0.6) is 0 Å². The Labute approximate surface area is 110 Å². The summed E-state index contributed by atoms with van der Waals surface area (Å²) in [7, 11) is 0. The van der Waals surface area contributed by atoms with Crippen LogP contribution in [0.4, 0.5) is 11.5 Å². The number of nitrogens with one attached hydrogen (secondary N) is 1. The van der Waals surface area contributed by atoms with Crippen molar-refractivity contribution in [2.24, 2.45) is 0 Å². The lowest BCUT2D eigenvalue weighted by Crippen LogP contribution is -2.48. The minimum atomic E-state index is 0.654. The van der Waals surface area contributed by atoms with E-state index in [1.807, 2.05) is 6.20 Å². The quantitative estimate of drug-likeness (QED) is 0.883. The summed E-state index contributed by atoms with van der Waals surface area (Å²) in [6, 6.07) is 4.88. The van der Waals surface area contributed by atoms with Crippen molar-refractivity contribution in [2.45, 2.75) is 26.8 Å². The molecule has 0 spiro atoms. The van der Waals surface area contributed by atoms with Crippen molar-refractivity contribution in [1.29, 1.82) is 0 Å². The minimum Gasteiger partial charge on any atom is -0.370 e. The highest BCUT2D eigenvalue weighted by molar-refractivity contribution is 5.49. The van der Waals surface area contributed by atoms with Crippen molar-refractivity contribution in [3.8, 4) is 0 Å². The van der Waals surface area contributed by atoms with Crippen molar-refractivity contribution < 1.29 is 0 Å². The number of aromatic nitrogens is 1. The molecular formula is C14H24N4. The van der Waals surface area contributed by atoms with Gasteiger partial charge in [0.1, 0.15) is 5.82 Å². The molecule has 1 saturated heterocycles. The second-order valence-electron chi connectivity index (χ2n) is 5.05. The molecule has 0 atom stereocenters. The number of hydrogen-bond acceptors (Lipinski definition) is 4. The van der Waals surface area contributed by atoms with Gasteiger partial charge < -0.3 is 10.2 Å². The highest BCUT2D eigenvalue weighted by Crippen LogP contribution is 2.17. The maximum atomic E-state index is 4.43. The molecule has 1 aliphatic heterocycles. The number of pyridine rings is 1. The van der Waals surface area contributed by atoms with Gasteiger partial charge in [0.15, 0.2) is 0 Å². The first-order chi connectivity index (χ1) is 8.70. The molecule has 0 aliphatic carbocycles. The van der Waals surface area contributed by atoms with Gasteiger partial charge in [-0.15, -0.1) is 0 Å². The third-order valence-electron chi connectivity index (χ3n) is 3.52. The predicted molar refractivity (Wildman–Crippen MR) is 77.3 cm³/mol. The maximum absolute atomic E-state index is 4.43. The van der Waals surface area contributed by atoms with Crippen LogP contribution in [0, 0.1) is 0 Å². The first-order valence-electron chi connectivity index (χ1n) is 6.89. The van der Waals surface area contributed by atoms with Crippen molar-refractivity contribution in [1.82, 2.24) is 9.88 Å². The molecule has 100 valence electrons. The Kier molecular flexibility index (Phi) is 4.42. The molecule has 1 aliphatic rings. The lowest BCUT2D eigenvalue weighted by atomic mass is 10.2. The minimum absolute atomic E-state index is 0.654. The van der Waals surface area contributed by atoms with Crippen molar-refractivity contribution in [3.63, 3.8) is 0 Å². The molecule has 1 N–H and O–H groups in total. The van der Waals surface area contributed by atoms with Gasteiger partial charge in [-0.2, -0.15) is 0 Å². The van der Waals surface area contributed by atoms with Crippen molar-refractivity contribution in [2.75, 3.05) is 42.9 Å². The predicted octanol–water partition coefficient (Wildman–Crippen LogP) is 2.04. The Morgan fingerprint density at radius 3 is 2.44 bits per heavy atom. The second-order valence-corrected chi connectivity index (χ2v) is 5.05. The SMILES string of the molecule is CCNc1ccc(N2CCN(C(C)C)CC2)cn1. The molecule has 1 fully saturated rings. The highest BCUT2D eigenvalue weighted by Gasteiger charge is 2.18. The molecule has 0 saturated carbocycles. The van der Waals surface area contributed by atoms with E-state index in [0.717, 1.165) is 38.5 Å². The van der Waals surface area contributed by atoms with Crippen LogP contribution in [0.15, 0.2) is 18.3 Å². The second kappa shape index (κ2) is 6.05. The van der Waals surface area contributed by atoms with E-state index in [9.17, 15) is 0 Å². The summed E-state index contributed by atoms with van der Waals surface area (Å²) < 4.78 is 0. The van der Waals surface area contributed by atoms with Crippen LogP contribution >= 0.6 is 0 Å². The number of rotatable bonds is 4. The molecule has 0 bridgehead atoms. The fourth-order valence-electron chi connectivity index (χ4n) is 2.36. The summed E-state index contributed by atoms with van der Waals surface area (Å²) in [4.78, 5) is 9.37. The lowest BCUT2D eigenvalue weighted by molar-refractivity contribution is 0.209. The van der Waals surface area contributed by atoms with Gasteiger partial charge in [-0.1, -0.05) is 0 Å². The molecule has 1 aromatic rings. The van der Waals surface area contributed by atoms with Crippen LogP contribution in [0.3, 0.4) is 0 Å². The maximum Gasteiger partial charge on any atom is 0.126 e. The monoisotopic (exact) mass is 248 g/mol. The molecule has 0 aromatic carbocycles. The van der Waals surface area contributed by atoms with Crippen LogP contribution in [0.25, 0.3) is 0 Å². The Morgan fingerprint density at radius 1 is 1.22 bits per heavy atom. The molecule has 4 heteroatoms. The van der Waals surface area contributed by atoms with Crippen LogP contribution in [0.2, 0.25) is 0 Å². The van der Waals surface area contributed by atoms with Gasteiger partial charge in [-0.3, -0.25) is 4.90 Å². The van der Waals surface area contributed by atoms with E-state index in [1.54, 1.807) is 0 Å². The molecule has 1 aromatic heterocycles. The normalized spacial score (nSPS) is 17.2. The van der Waals surface area contributed by atoms with Crippen LogP contribution in [0.1, 0.15) is 20.8 Å². The van der Waals surface area contributed by atoms with Crippen LogP contribution < -0.4 is 10.2 Å².